The number of carbonyl (C=O) groups is 2. The van der Waals surface area contributed by atoms with Crippen molar-refractivity contribution < 1.29 is 19.4 Å². The normalized spacial score (nSPS) is 24.0. The number of rotatable bonds is 3. The monoisotopic (exact) mass is 318 g/mol. The molecule has 0 aromatic heterocycles. The molecule has 2 fully saturated rings. The van der Waals surface area contributed by atoms with E-state index in [1.165, 1.54) is 4.90 Å². The first-order valence-corrected chi connectivity index (χ1v) is 8.05. The van der Waals surface area contributed by atoms with Crippen LogP contribution in [0, 0.1) is 0 Å². The van der Waals surface area contributed by atoms with Crippen LogP contribution in [0.5, 0.6) is 0 Å². The van der Waals surface area contributed by atoms with E-state index >= 15 is 0 Å². The standard InChI is InChI=1S/C17H22N2O4/c1-2-18-10-8-17(9-11-18)19(14(12-23-17)16(21)22)15(20)13-6-4-3-5-7-13/h3-7,14H,2,8-12H2,1H3,(H,21,22). The maximum Gasteiger partial charge on any atom is 0.328 e. The summed E-state index contributed by atoms with van der Waals surface area (Å²) in [6, 6.07) is 7.92. The average molecular weight is 318 g/mol. The Morgan fingerprint density at radius 3 is 2.48 bits per heavy atom. The molecule has 124 valence electrons. The van der Waals surface area contributed by atoms with Crippen molar-refractivity contribution in [3.05, 3.63) is 35.9 Å². The van der Waals surface area contributed by atoms with Gasteiger partial charge in [-0.15, -0.1) is 0 Å². The van der Waals surface area contributed by atoms with E-state index in [2.05, 4.69) is 11.8 Å². The van der Waals surface area contributed by atoms with Gasteiger partial charge in [-0.05, 0) is 18.7 Å². The molecule has 3 rings (SSSR count). The molecule has 6 nitrogen and oxygen atoms in total. The number of benzene rings is 1. The Hall–Kier alpha value is -1.92. The summed E-state index contributed by atoms with van der Waals surface area (Å²) in [7, 11) is 0. The molecule has 1 N–H and O–H groups in total. The lowest BCUT2D eigenvalue weighted by atomic mass is 9.97. The van der Waals surface area contributed by atoms with Crippen molar-refractivity contribution in [2.75, 3.05) is 26.2 Å². The van der Waals surface area contributed by atoms with Gasteiger partial charge < -0.3 is 14.7 Å². The minimum atomic E-state index is -1.01. The van der Waals surface area contributed by atoms with Crippen molar-refractivity contribution in [1.29, 1.82) is 0 Å². The van der Waals surface area contributed by atoms with E-state index in [0.717, 1.165) is 19.6 Å². The van der Waals surface area contributed by atoms with Crippen LogP contribution in [-0.2, 0) is 9.53 Å². The quantitative estimate of drug-likeness (QED) is 0.913. The Kier molecular flexibility index (Phi) is 4.37. The first-order chi connectivity index (χ1) is 11.1. The van der Waals surface area contributed by atoms with Gasteiger partial charge >= 0.3 is 5.97 Å². The fraction of sp³-hybridized carbons (Fsp3) is 0.529. The van der Waals surface area contributed by atoms with Crippen LogP contribution >= 0.6 is 0 Å². The molecule has 2 heterocycles. The molecule has 23 heavy (non-hydrogen) atoms. The van der Waals surface area contributed by atoms with Gasteiger partial charge in [-0.1, -0.05) is 25.1 Å². The van der Waals surface area contributed by atoms with E-state index in [4.69, 9.17) is 4.74 Å². The molecule has 1 unspecified atom stereocenters. The summed E-state index contributed by atoms with van der Waals surface area (Å²) in [5.41, 5.74) is -0.289. The molecule has 0 saturated carbocycles. The smallest absolute Gasteiger partial charge is 0.328 e. The molecule has 2 aliphatic rings. The van der Waals surface area contributed by atoms with E-state index in [1.54, 1.807) is 24.3 Å². The third-order valence-electron chi connectivity index (χ3n) is 4.87. The lowest BCUT2D eigenvalue weighted by molar-refractivity contribution is -0.143. The predicted molar refractivity (Wildman–Crippen MR) is 84.1 cm³/mol. The van der Waals surface area contributed by atoms with E-state index in [0.29, 0.717) is 18.4 Å². The van der Waals surface area contributed by atoms with Gasteiger partial charge in [0.05, 0.1) is 6.61 Å². The first kappa shape index (κ1) is 16.0. The zero-order valence-electron chi connectivity index (χ0n) is 13.3. The van der Waals surface area contributed by atoms with Gasteiger partial charge in [0.1, 0.15) is 5.72 Å². The molecule has 1 spiro atoms. The van der Waals surface area contributed by atoms with E-state index in [1.807, 2.05) is 6.07 Å². The maximum atomic E-state index is 13.0. The molecule has 0 radical (unpaired) electrons. The third kappa shape index (κ3) is 2.84. The molecule has 0 bridgehead atoms. The summed E-state index contributed by atoms with van der Waals surface area (Å²) < 4.78 is 5.90. The summed E-state index contributed by atoms with van der Waals surface area (Å²) >= 11 is 0. The van der Waals surface area contributed by atoms with Gasteiger partial charge in [-0.25, -0.2) is 4.79 Å². The van der Waals surface area contributed by atoms with E-state index in [-0.39, 0.29) is 12.5 Å². The highest BCUT2D eigenvalue weighted by Crippen LogP contribution is 2.38. The number of carboxylic acid groups (broad SMARTS) is 1. The van der Waals surface area contributed by atoms with Crippen molar-refractivity contribution >= 4 is 11.9 Å². The summed E-state index contributed by atoms with van der Waals surface area (Å²) in [5.74, 6) is -1.27. The SMILES string of the molecule is CCN1CCC2(CC1)OCC(C(=O)O)N2C(=O)c1ccccc1. The first-order valence-electron chi connectivity index (χ1n) is 8.05. The summed E-state index contributed by atoms with van der Waals surface area (Å²) in [6.07, 6.45) is 1.28. The third-order valence-corrected chi connectivity index (χ3v) is 4.87. The van der Waals surface area contributed by atoms with Crippen LogP contribution in [0.1, 0.15) is 30.1 Å². The number of hydrogen-bond donors (Lipinski definition) is 1. The van der Waals surface area contributed by atoms with Gasteiger partial charge in [0.25, 0.3) is 5.91 Å². The number of carbonyl (C=O) groups excluding carboxylic acids is 1. The Morgan fingerprint density at radius 1 is 1.26 bits per heavy atom. The Balaban J connectivity index is 1.91. The van der Waals surface area contributed by atoms with Crippen LogP contribution in [0.25, 0.3) is 0 Å². The van der Waals surface area contributed by atoms with Crippen LogP contribution in [-0.4, -0.2) is 64.8 Å². The zero-order valence-corrected chi connectivity index (χ0v) is 13.3. The minimum absolute atomic E-state index is 0.0556. The number of aliphatic carboxylic acids is 1. The molecule has 2 aliphatic heterocycles. The van der Waals surface area contributed by atoms with Crippen molar-refractivity contribution in [3.8, 4) is 0 Å². The topological polar surface area (TPSA) is 70.1 Å². The summed E-state index contributed by atoms with van der Waals surface area (Å²) in [6.45, 7) is 4.72. The second-order valence-electron chi connectivity index (χ2n) is 6.09. The van der Waals surface area contributed by atoms with Gasteiger partial charge in [0.15, 0.2) is 6.04 Å². The number of carboxylic acids is 1. The molecular formula is C17H22N2O4. The van der Waals surface area contributed by atoms with Crippen molar-refractivity contribution in [1.82, 2.24) is 9.80 Å². The van der Waals surface area contributed by atoms with Crippen LogP contribution < -0.4 is 0 Å². The number of amides is 1. The highest BCUT2D eigenvalue weighted by atomic mass is 16.5. The van der Waals surface area contributed by atoms with Crippen molar-refractivity contribution in [3.63, 3.8) is 0 Å². The van der Waals surface area contributed by atoms with Gasteiger partial charge in [-0.3, -0.25) is 9.69 Å². The van der Waals surface area contributed by atoms with Gasteiger partial charge in [0, 0.05) is 31.5 Å². The largest absolute Gasteiger partial charge is 0.480 e. The fourth-order valence-corrected chi connectivity index (χ4v) is 3.49. The number of piperidine rings is 1. The van der Waals surface area contributed by atoms with Crippen molar-refractivity contribution in [2.24, 2.45) is 0 Å². The van der Waals surface area contributed by atoms with Crippen LogP contribution in [0.2, 0.25) is 0 Å². The van der Waals surface area contributed by atoms with Gasteiger partial charge in [-0.2, -0.15) is 0 Å². The van der Waals surface area contributed by atoms with Crippen LogP contribution in [0.15, 0.2) is 30.3 Å². The van der Waals surface area contributed by atoms with E-state index < -0.39 is 17.7 Å². The lowest BCUT2D eigenvalue weighted by Crippen LogP contribution is -2.58. The number of hydrogen-bond acceptors (Lipinski definition) is 4. The molecule has 2 saturated heterocycles. The molecular weight excluding hydrogens is 296 g/mol. The van der Waals surface area contributed by atoms with Crippen LogP contribution in [0.3, 0.4) is 0 Å². The zero-order chi connectivity index (χ0) is 16.4. The second kappa shape index (κ2) is 6.29. The summed E-state index contributed by atoms with van der Waals surface area (Å²) in [5, 5.41) is 9.51. The Labute approximate surface area is 135 Å². The second-order valence-corrected chi connectivity index (χ2v) is 6.09. The van der Waals surface area contributed by atoms with E-state index in [9.17, 15) is 14.7 Å². The number of nitrogens with zero attached hydrogens (tertiary/aromatic N) is 2. The number of likely N-dealkylation sites (tertiary alicyclic amines) is 1. The molecule has 0 aliphatic carbocycles. The average Bonchev–Trinajstić information content (AvgIpc) is 2.95. The molecule has 1 aromatic rings. The highest BCUT2D eigenvalue weighted by molar-refractivity contribution is 5.97. The Morgan fingerprint density at radius 2 is 1.91 bits per heavy atom. The number of ether oxygens (including phenoxy) is 1. The summed E-state index contributed by atoms with van der Waals surface area (Å²) in [4.78, 5) is 28.3. The Bertz CT molecular complexity index is 582. The molecule has 1 aromatic carbocycles. The lowest BCUT2D eigenvalue weighted by Gasteiger charge is -2.44. The predicted octanol–water partition coefficient (Wildman–Crippen LogP) is 1.42. The van der Waals surface area contributed by atoms with Crippen LogP contribution in [0.4, 0.5) is 0 Å². The fourth-order valence-electron chi connectivity index (χ4n) is 3.49. The van der Waals surface area contributed by atoms with Crippen molar-refractivity contribution in [2.45, 2.75) is 31.5 Å². The molecule has 1 atom stereocenters. The minimum Gasteiger partial charge on any atom is -0.480 e. The maximum absolute atomic E-state index is 13.0. The molecule has 1 amide bonds. The molecule has 6 heteroatoms. The van der Waals surface area contributed by atoms with Gasteiger partial charge in [0.2, 0.25) is 0 Å². The highest BCUT2D eigenvalue weighted by Gasteiger charge is 2.53.